The van der Waals surface area contributed by atoms with E-state index in [1.165, 1.54) is 14.2 Å². The Morgan fingerprint density at radius 3 is 2.48 bits per heavy atom. The summed E-state index contributed by atoms with van der Waals surface area (Å²) in [5.74, 6) is -0.0284. The molecule has 1 aromatic heterocycles. The largest absolute Gasteiger partial charge is 0.497 e. The highest BCUT2D eigenvalue weighted by Crippen LogP contribution is 2.26. The van der Waals surface area contributed by atoms with Crippen LogP contribution in [0.1, 0.15) is 38.9 Å². The summed E-state index contributed by atoms with van der Waals surface area (Å²) in [7, 11) is 2.99. The Bertz CT molecular complexity index is 1070. The van der Waals surface area contributed by atoms with E-state index in [4.69, 9.17) is 14.2 Å². The first-order valence-electron chi connectivity index (χ1n) is 9.30. The van der Waals surface area contributed by atoms with Crippen LogP contribution in [0, 0.1) is 6.92 Å². The molecular weight excluding hydrogens is 370 g/mol. The number of hydrogen-bond acceptors (Lipinski definition) is 6. The molecule has 2 aromatic carbocycles. The summed E-state index contributed by atoms with van der Waals surface area (Å²) in [6.07, 6.45) is 0.577. The van der Waals surface area contributed by atoms with Gasteiger partial charge in [-0.15, -0.1) is 0 Å². The van der Waals surface area contributed by atoms with Gasteiger partial charge in [0.25, 0.3) is 0 Å². The molecule has 1 heterocycles. The molecule has 6 nitrogen and oxygen atoms in total. The van der Waals surface area contributed by atoms with Crippen molar-refractivity contribution >= 4 is 22.7 Å². The molecule has 0 aliphatic rings. The minimum Gasteiger partial charge on any atom is -0.497 e. The number of methoxy groups -OCH3 is 2. The fraction of sp³-hybridized carbons (Fsp3) is 0.261. The van der Waals surface area contributed by atoms with Crippen LogP contribution in [0.15, 0.2) is 42.5 Å². The molecule has 150 valence electrons. The molecule has 29 heavy (non-hydrogen) atoms. The summed E-state index contributed by atoms with van der Waals surface area (Å²) in [6.45, 7) is 3.39. The summed E-state index contributed by atoms with van der Waals surface area (Å²) in [6, 6.07) is 12.5. The third kappa shape index (κ3) is 4.06. The van der Waals surface area contributed by atoms with Gasteiger partial charge in [-0.1, -0.05) is 25.1 Å². The average molecular weight is 393 g/mol. The second kappa shape index (κ2) is 8.73. The quantitative estimate of drug-likeness (QED) is 0.443. The van der Waals surface area contributed by atoms with E-state index >= 15 is 0 Å². The van der Waals surface area contributed by atoms with E-state index in [2.05, 4.69) is 4.98 Å². The lowest BCUT2D eigenvalue weighted by Gasteiger charge is -2.14. The van der Waals surface area contributed by atoms with Crippen LogP contribution in [0.3, 0.4) is 0 Å². The van der Waals surface area contributed by atoms with Crippen LogP contribution in [0.4, 0.5) is 0 Å². The summed E-state index contributed by atoms with van der Waals surface area (Å²) >= 11 is 0. The van der Waals surface area contributed by atoms with Crippen molar-refractivity contribution in [3.63, 3.8) is 0 Å². The van der Waals surface area contributed by atoms with E-state index in [0.717, 1.165) is 16.5 Å². The van der Waals surface area contributed by atoms with Crippen molar-refractivity contribution in [3.8, 4) is 11.5 Å². The highest BCUT2D eigenvalue weighted by Gasteiger charge is 2.21. The molecule has 0 bridgehead atoms. The van der Waals surface area contributed by atoms with Gasteiger partial charge in [-0.25, -0.2) is 4.79 Å². The molecule has 0 aliphatic carbocycles. The monoisotopic (exact) mass is 393 g/mol. The van der Waals surface area contributed by atoms with Crippen molar-refractivity contribution in [2.45, 2.75) is 20.3 Å². The van der Waals surface area contributed by atoms with Gasteiger partial charge in [0.2, 0.25) is 5.78 Å². The van der Waals surface area contributed by atoms with Crippen molar-refractivity contribution in [2.24, 2.45) is 0 Å². The number of carbonyl (C=O) groups excluding carboxylic acids is 2. The molecule has 0 unspecified atom stereocenters. The Labute approximate surface area is 169 Å². The Kier molecular flexibility index (Phi) is 6.12. The van der Waals surface area contributed by atoms with Gasteiger partial charge in [-0.2, -0.15) is 0 Å². The molecule has 0 saturated heterocycles. The number of Topliss-reactive ketones (excluding diaryl/α,β-unsaturated/α-hetero) is 1. The Morgan fingerprint density at radius 2 is 1.79 bits per heavy atom. The topological polar surface area (TPSA) is 74.7 Å². The number of hydrogen-bond donors (Lipinski definition) is 0. The molecule has 6 heteroatoms. The van der Waals surface area contributed by atoms with Crippen LogP contribution < -0.4 is 9.47 Å². The van der Waals surface area contributed by atoms with Gasteiger partial charge < -0.3 is 14.2 Å². The van der Waals surface area contributed by atoms with Gasteiger partial charge in [0.15, 0.2) is 6.61 Å². The number of benzene rings is 2. The lowest BCUT2D eigenvalue weighted by Crippen LogP contribution is -2.18. The predicted molar refractivity (Wildman–Crippen MR) is 110 cm³/mol. The number of aromatic nitrogens is 1. The van der Waals surface area contributed by atoms with E-state index in [1.807, 2.05) is 38.1 Å². The van der Waals surface area contributed by atoms with Crippen LogP contribution in [0.2, 0.25) is 0 Å². The molecule has 0 radical (unpaired) electrons. The maximum atomic E-state index is 12.8. The summed E-state index contributed by atoms with van der Waals surface area (Å²) in [5, 5.41) is 0.887. The molecular formula is C23H23NO5. The molecule has 0 saturated carbocycles. The molecule has 3 aromatic rings. The number of aryl methyl sites for hydroxylation is 2. The Hall–Kier alpha value is -3.41. The fourth-order valence-corrected chi connectivity index (χ4v) is 3.28. The van der Waals surface area contributed by atoms with Gasteiger partial charge >= 0.3 is 5.97 Å². The zero-order valence-corrected chi connectivity index (χ0v) is 16.9. The van der Waals surface area contributed by atoms with E-state index in [1.54, 1.807) is 18.2 Å². The minimum absolute atomic E-state index is 0.295. The number of pyridine rings is 1. The first kappa shape index (κ1) is 20.3. The Balaban J connectivity index is 1.86. The molecule has 0 spiro atoms. The SMILES string of the molecule is CCc1nc2ccccc2c(C)c1C(=O)OCC(=O)c1cc(OC)ccc1OC. The number of para-hydroxylation sites is 1. The number of nitrogens with zero attached hydrogens (tertiary/aromatic N) is 1. The number of carbonyl (C=O) groups is 2. The molecule has 0 atom stereocenters. The highest BCUT2D eigenvalue weighted by molar-refractivity contribution is 6.03. The van der Waals surface area contributed by atoms with Crippen molar-refractivity contribution in [3.05, 3.63) is 64.8 Å². The van der Waals surface area contributed by atoms with Gasteiger partial charge in [-0.3, -0.25) is 9.78 Å². The average Bonchev–Trinajstić information content (AvgIpc) is 2.76. The molecule has 0 amide bonds. The van der Waals surface area contributed by atoms with Crippen LogP contribution in [0.5, 0.6) is 11.5 Å². The molecule has 0 N–H and O–H groups in total. The predicted octanol–water partition coefficient (Wildman–Crippen LogP) is 4.16. The normalized spacial score (nSPS) is 10.6. The van der Waals surface area contributed by atoms with Gasteiger partial charge in [0, 0.05) is 5.39 Å². The lowest BCUT2D eigenvalue weighted by atomic mass is 10.0. The van der Waals surface area contributed by atoms with Gasteiger partial charge in [0.05, 0.1) is 36.6 Å². The van der Waals surface area contributed by atoms with E-state index in [0.29, 0.717) is 34.7 Å². The first-order valence-corrected chi connectivity index (χ1v) is 9.30. The zero-order valence-electron chi connectivity index (χ0n) is 16.9. The Morgan fingerprint density at radius 1 is 1.03 bits per heavy atom. The van der Waals surface area contributed by atoms with Crippen LogP contribution in [-0.2, 0) is 11.2 Å². The standard InChI is InChI=1S/C23H23NO5/c1-5-18-22(14(2)16-8-6-7-9-19(16)24-18)23(26)29-13-20(25)17-12-15(27-3)10-11-21(17)28-4/h6-12H,5,13H2,1-4H3. The van der Waals surface area contributed by atoms with Crippen molar-refractivity contribution < 1.29 is 23.8 Å². The molecule has 0 fully saturated rings. The maximum absolute atomic E-state index is 12.8. The van der Waals surface area contributed by atoms with Gasteiger partial charge in [-0.05, 0) is 43.2 Å². The van der Waals surface area contributed by atoms with Crippen LogP contribution in [0.25, 0.3) is 10.9 Å². The van der Waals surface area contributed by atoms with Gasteiger partial charge in [0.1, 0.15) is 11.5 Å². The highest BCUT2D eigenvalue weighted by atomic mass is 16.5. The maximum Gasteiger partial charge on any atom is 0.340 e. The zero-order chi connectivity index (χ0) is 21.0. The fourth-order valence-electron chi connectivity index (χ4n) is 3.28. The smallest absolute Gasteiger partial charge is 0.340 e. The number of fused-ring (bicyclic) bond motifs is 1. The second-order valence-corrected chi connectivity index (χ2v) is 6.49. The van der Waals surface area contributed by atoms with Crippen LogP contribution in [-0.4, -0.2) is 37.6 Å². The lowest BCUT2D eigenvalue weighted by molar-refractivity contribution is 0.0471. The van der Waals surface area contributed by atoms with Crippen molar-refractivity contribution in [2.75, 3.05) is 20.8 Å². The summed E-state index contributed by atoms with van der Waals surface area (Å²) in [4.78, 5) is 30.1. The number of ketones is 1. The summed E-state index contributed by atoms with van der Waals surface area (Å²) in [5.41, 5.74) is 2.98. The summed E-state index contributed by atoms with van der Waals surface area (Å²) < 4.78 is 15.8. The van der Waals surface area contributed by atoms with Crippen molar-refractivity contribution in [1.29, 1.82) is 0 Å². The second-order valence-electron chi connectivity index (χ2n) is 6.49. The molecule has 0 aliphatic heterocycles. The van der Waals surface area contributed by atoms with E-state index < -0.39 is 12.6 Å². The molecule has 3 rings (SSSR count). The number of rotatable bonds is 7. The number of ether oxygens (including phenoxy) is 3. The first-order chi connectivity index (χ1) is 14.0. The van der Waals surface area contributed by atoms with Crippen molar-refractivity contribution in [1.82, 2.24) is 4.98 Å². The minimum atomic E-state index is -0.562. The van der Waals surface area contributed by atoms with E-state index in [9.17, 15) is 9.59 Å². The number of esters is 1. The van der Waals surface area contributed by atoms with E-state index in [-0.39, 0.29) is 5.78 Å². The third-order valence-corrected chi connectivity index (χ3v) is 4.81. The van der Waals surface area contributed by atoms with Crippen LogP contribution >= 0.6 is 0 Å². The third-order valence-electron chi connectivity index (χ3n) is 4.81.